The molecule has 0 aliphatic carbocycles. The molecule has 0 radical (unpaired) electrons. The van der Waals surface area contributed by atoms with Gasteiger partial charge in [-0.15, -0.1) is 0 Å². The first-order chi connectivity index (χ1) is 9.92. The molecule has 0 bridgehead atoms. The highest BCUT2D eigenvalue weighted by atomic mass is 15.1. The highest BCUT2D eigenvalue weighted by molar-refractivity contribution is 5.59. The van der Waals surface area contributed by atoms with Crippen LogP contribution in [0.3, 0.4) is 0 Å². The molecule has 0 fully saturated rings. The number of nitrogens with zero attached hydrogens (tertiary/aromatic N) is 2. The normalized spacial score (nSPS) is 10.2. The zero-order chi connectivity index (χ0) is 13.6. The fourth-order valence-corrected chi connectivity index (χ4v) is 1.99. The van der Waals surface area contributed by atoms with Gasteiger partial charge in [-0.1, -0.05) is 60.7 Å². The van der Waals surface area contributed by atoms with Gasteiger partial charge < -0.3 is 5.32 Å². The fraction of sp³-hybridized carbons (Fsp3) is 0.0588. The lowest BCUT2D eigenvalue weighted by atomic mass is 10.1. The lowest BCUT2D eigenvalue weighted by Crippen LogP contribution is -2.03. The van der Waals surface area contributed by atoms with Crippen molar-refractivity contribution in [2.45, 2.75) is 6.54 Å². The van der Waals surface area contributed by atoms with Crippen molar-refractivity contribution >= 4 is 5.95 Å². The third-order valence-electron chi connectivity index (χ3n) is 3.02. The van der Waals surface area contributed by atoms with Gasteiger partial charge in [0, 0.05) is 18.3 Å². The lowest BCUT2D eigenvalue weighted by molar-refractivity contribution is 1.06. The molecule has 0 spiro atoms. The fourth-order valence-electron chi connectivity index (χ4n) is 1.99. The van der Waals surface area contributed by atoms with E-state index < -0.39 is 0 Å². The number of aromatic nitrogens is 2. The van der Waals surface area contributed by atoms with Crippen LogP contribution < -0.4 is 5.32 Å². The van der Waals surface area contributed by atoms with Crippen molar-refractivity contribution in [3.63, 3.8) is 0 Å². The van der Waals surface area contributed by atoms with E-state index in [2.05, 4.69) is 27.4 Å². The third-order valence-corrected chi connectivity index (χ3v) is 3.02. The minimum absolute atomic E-state index is 0.648. The van der Waals surface area contributed by atoms with Gasteiger partial charge in [0.25, 0.3) is 0 Å². The molecule has 1 heterocycles. The number of benzene rings is 2. The average molecular weight is 261 g/mol. The average Bonchev–Trinajstić information content (AvgIpc) is 2.55. The largest absolute Gasteiger partial charge is 0.350 e. The van der Waals surface area contributed by atoms with E-state index in [4.69, 9.17) is 0 Å². The predicted octanol–water partition coefficient (Wildman–Crippen LogP) is 3.76. The second-order valence-corrected chi connectivity index (χ2v) is 4.47. The summed E-state index contributed by atoms with van der Waals surface area (Å²) in [5, 5.41) is 3.25. The molecule has 0 saturated heterocycles. The minimum atomic E-state index is 0.648. The van der Waals surface area contributed by atoms with Crippen molar-refractivity contribution in [3.8, 4) is 11.3 Å². The Morgan fingerprint density at radius 2 is 1.50 bits per heavy atom. The standard InChI is InChI=1S/C17H15N3/c1-3-7-14(8-4-1)13-19-17-18-12-11-16(20-17)15-9-5-2-6-10-15/h1-12H,13H2,(H,18,19,20). The Kier molecular flexibility index (Phi) is 3.69. The van der Waals surface area contributed by atoms with Gasteiger partial charge in [0.15, 0.2) is 0 Å². The van der Waals surface area contributed by atoms with Crippen molar-refractivity contribution in [1.29, 1.82) is 0 Å². The summed E-state index contributed by atoms with van der Waals surface area (Å²) in [5.74, 6) is 0.648. The summed E-state index contributed by atoms with van der Waals surface area (Å²) in [6.45, 7) is 0.721. The Labute approximate surface area is 118 Å². The van der Waals surface area contributed by atoms with E-state index in [0.29, 0.717) is 5.95 Å². The van der Waals surface area contributed by atoms with Gasteiger partial charge >= 0.3 is 0 Å². The van der Waals surface area contributed by atoms with Crippen LogP contribution in [0.4, 0.5) is 5.95 Å². The van der Waals surface area contributed by atoms with Gasteiger partial charge in [-0.25, -0.2) is 9.97 Å². The van der Waals surface area contributed by atoms with Crippen LogP contribution in [-0.2, 0) is 6.54 Å². The summed E-state index contributed by atoms with van der Waals surface area (Å²) in [7, 11) is 0. The molecule has 1 N–H and O–H groups in total. The Bertz CT molecular complexity index is 666. The molecular weight excluding hydrogens is 246 g/mol. The third kappa shape index (κ3) is 3.01. The topological polar surface area (TPSA) is 37.8 Å². The molecule has 3 rings (SSSR count). The van der Waals surface area contributed by atoms with Gasteiger partial charge in [0.05, 0.1) is 5.69 Å². The Hall–Kier alpha value is -2.68. The van der Waals surface area contributed by atoms with Crippen LogP contribution in [0.15, 0.2) is 72.9 Å². The number of nitrogens with one attached hydrogen (secondary N) is 1. The molecule has 3 aromatic rings. The molecule has 2 aromatic carbocycles. The second-order valence-electron chi connectivity index (χ2n) is 4.47. The number of hydrogen-bond acceptors (Lipinski definition) is 3. The Balaban J connectivity index is 1.75. The minimum Gasteiger partial charge on any atom is -0.350 e. The van der Waals surface area contributed by atoms with Crippen LogP contribution in [0, 0.1) is 0 Å². The summed E-state index contributed by atoms with van der Waals surface area (Å²) < 4.78 is 0. The molecule has 1 aromatic heterocycles. The number of rotatable bonds is 4. The van der Waals surface area contributed by atoms with Crippen molar-refractivity contribution < 1.29 is 0 Å². The first kappa shape index (κ1) is 12.4. The molecule has 20 heavy (non-hydrogen) atoms. The van der Waals surface area contributed by atoms with E-state index in [0.717, 1.165) is 17.8 Å². The van der Waals surface area contributed by atoms with Gasteiger partial charge in [0.2, 0.25) is 5.95 Å². The maximum absolute atomic E-state index is 4.54. The second kappa shape index (κ2) is 5.97. The van der Waals surface area contributed by atoms with Crippen molar-refractivity contribution in [2.75, 3.05) is 5.32 Å². The van der Waals surface area contributed by atoms with Crippen LogP contribution in [0.25, 0.3) is 11.3 Å². The molecule has 0 aliphatic heterocycles. The van der Waals surface area contributed by atoms with E-state index in [1.807, 2.05) is 54.6 Å². The van der Waals surface area contributed by atoms with Crippen LogP contribution in [0.5, 0.6) is 0 Å². The maximum Gasteiger partial charge on any atom is 0.223 e. The predicted molar refractivity (Wildman–Crippen MR) is 81.2 cm³/mol. The molecule has 3 heteroatoms. The molecule has 98 valence electrons. The molecule has 0 aliphatic rings. The molecule has 0 atom stereocenters. The van der Waals surface area contributed by atoms with Gasteiger partial charge in [-0.05, 0) is 11.6 Å². The smallest absolute Gasteiger partial charge is 0.223 e. The van der Waals surface area contributed by atoms with Gasteiger partial charge in [-0.2, -0.15) is 0 Å². The summed E-state index contributed by atoms with van der Waals surface area (Å²) in [6.07, 6.45) is 1.78. The summed E-state index contributed by atoms with van der Waals surface area (Å²) in [4.78, 5) is 8.79. The van der Waals surface area contributed by atoms with Crippen LogP contribution in [0.2, 0.25) is 0 Å². The quantitative estimate of drug-likeness (QED) is 0.777. The SMILES string of the molecule is c1ccc(CNc2nccc(-c3ccccc3)n2)cc1. The van der Waals surface area contributed by atoms with Crippen LogP contribution >= 0.6 is 0 Å². The van der Waals surface area contributed by atoms with E-state index >= 15 is 0 Å². The Morgan fingerprint density at radius 1 is 0.800 bits per heavy atom. The first-order valence-electron chi connectivity index (χ1n) is 6.58. The summed E-state index contributed by atoms with van der Waals surface area (Å²) >= 11 is 0. The molecule has 0 amide bonds. The monoisotopic (exact) mass is 261 g/mol. The van der Waals surface area contributed by atoms with Crippen LogP contribution in [0.1, 0.15) is 5.56 Å². The summed E-state index contributed by atoms with van der Waals surface area (Å²) in [5.41, 5.74) is 3.23. The van der Waals surface area contributed by atoms with E-state index in [1.165, 1.54) is 5.56 Å². The zero-order valence-corrected chi connectivity index (χ0v) is 11.0. The molecule has 3 nitrogen and oxygen atoms in total. The van der Waals surface area contributed by atoms with Gasteiger partial charge in [-0.3, -0.25) is 0 Å². The number of anilines is 1. The van der Waals surface area contributed by atoms with E-state index in [9.17, 15) is 0 Å². The lowest BCUT2D eigenvalue weighted by Gasteiger charge is -2.06. The highest BCUT2D eigenvalue weighted by Crippen LogP contribution is 2.16. The molecule has 0 saturated carbocycles. The van der Waals surface area contributed by atoms with E-state index in [-0.39, 0.29) is 0 Å². The van der Waals surface area contributed by atoms with Crippen molar-refractivity contribution in [3.05, 3.63) is 78.5 Å². The number of hydrogen-bond donors (Lipinski definition) is 1. The Morgan fingerprint density at radius 3 is 2.25 bits per heavy atom. The van der Waals surface area contributed by atoms with Crippen molar-refractivity contribution in [2.24, 2.45) is 0 Å². The molecule has 0 unspecified atom stereocenters. The zero-order valence-electron chi connectivity index (χ0n) is 11.0. The first-order valence-corrected chi connectivity index (χ1v) is 6.58. The van der Waals surface area contributed by atoms with E-state index in [1.54, 1.807) is 6.20 Å². The van der Waals surface area contributed by atoms with Gasteiger partial charge in [0.1, 0.15) is 0 Å². The maximum atomic E-state index is 4.54. The highest BCUT2D eigenvalue weighted by Gasteiger charge is 2.01. The van der Waals surface area contributed by atoms with Crippen LogP contribution in [-0.4, -0.2) is 9.97 Å². The summed E-state index contributed by atoms with van der Waals surface area (Å²) in [6, 6.07) is 22.2. The van der Waals surface area contributed by atoms with Crippen molar-refractivity contribution in [1.82, 2.24) is 9.97 Å². The molecular formula is C17H15N3.